The van der Waals surface area contributed by atoms with Crippen LogP contribution >= 0.6 is 23.1 Å². The molecule has 3 atom stereocenters. The number of hydrogen-bond donors (Lipinski definition) is 1. The molecule has 1 unspecified atom stereocenters. The molecule has 1 saturated heterocycles. The van der Waals surface area contributed by atoms with E-state index in [1.54, 1.807) is 30.7 Å². The van der Waals surface area contributed by atoms with Crippen LogP contribution in [-0.2, 0) is 4.79 Å². The molecule has 8 heteroatoms. The molecule has 1 fully saturated rings. The minimum atomic E-state index is -1.12. The van der Waals surface area contributed by atoms with Gasteiger partial charge >= 0.3 is 5.97 Å². The molecule has 1 aliphatic heterocycles. The summed E-state index contributed by atoms with van der Waals surface area (Å²) < 4.78 is 20.7. The molecule has 0 bridgehead atoms. The number of ether oxygens (including phenoxy) is 1. The van der Waals surface area contributed by atoms with E-state index in [9.17, 15) is 9.90 Å². The Labute approximate surface area is 208 Å². The first-order valence-electron chi connectivity index (χ1n) is 11.7. The molecule has 5 nitrogen and oxygen atoms in total. The fourth-order valence-electron chi connectivity index (χ4n) is 4.88. The molecule has 0 spiro atoms. The van der Waals surface area contributed by atoms with Crippen molar-refractivity contribution in [3.8, 4) is 5.75 Å². The lowest BCUT2D eigenvalue weighted by molar-refractivity contribution is -0.139. The van der Waals surface area contributed by atoms with E-state index >= 15 is 4.39 Å². The molecule has 1 aromatic carbocycles. The Morgan fingerprint density at radius 1 is 1.35 bits per heavy atom. The van der Waals surface area contributed by atoms with Crippen LogP contribution in [0.15, 0.2) is 52.2 Å². The van der Waals surface area contributed by atoms with Crippen LogP contribution in [0.25, 0.3) is 10.9 Å². The van der Waals surface area contributed by atoms with Crippen LogP contribution in [-0.4, -0.2) is 53.5 Å². The number of nitrogens with zero attached hydrogens (tertiary/aromatic N) is 2. The van der Waals surface area contributed by atoms with Crippen LogP contribution in [0.1, 0.15) is 37.4 Å². The molecule has 0 aliphatic carbocycles. The molecule has 0 radical (unpaired) electrons. The number of rotatable bonds is 11. The quantitative estimate of drug-likeness (QED) is 0.311. The standard InChI is InChI=1S/C26H31FN2O3S2/c1-32-20-3-5-25-23(15-20)22(6-9-28-25)24(27)4-2-18-7-10-29(16-19(18)14-26(30)31)11-13-34-21-8-12-33-17-21/h3,5-6,8-9,12,15,17-19,24H,2,4,7,10-11,13-14,16H2,1H3,(H,30,31)/t18-,19+,24?/m1/s1. The molecule has 1 aliphatic rings. The first kappa shape index (κ1) is 24.9. The minimum absolute atomic E-state index is 0.0545. The number of fused-ring (bicyclic) bond motifs is 1. The van der Waals surface area contributed by atoms with Crippen molar-refractivity contribution in [2.45, 2.75) is 36.8 Å². The number of carboxylic acids is 1. The van der Waals surface area contributed by atoms with Crippen LogP contribution in [0.4, 0.5) is 4.39 Å². The fourth-order valence-corrected chi connectivity index (χ4v) is 6.67. The second kappa shape index (κ2) is 12.0. The number of piperidine rings is 1. The predicted molar refractivity (Wildman–Crippen MR) is 137 cm³/mol. The normalized spacial score (nSPS) is 19.8. The Hall–Kier alpha value is -2.16. The number of likely N-dealkylation sites (tertiary alicyclic amines) is 1. The van der Waals surface area contributed by atoms with Crippen LogP contribution in [0.2, 0.25) is 0 Å². The van der Waals surface area contributed by atoms with Gasteiger partial charge in [0.2, 0.25) is 0 Å². The van der Waals surface area contributed by atoms with Gasteiger partial charge in [0, 0.05) is 47.1 Å². The molecular weight excluding hydrogens is 471 g/mol. The number of hydrogen-bond acceptors (Lipinski definition) is 6. The zero-order chi connectivity index (χ0) is 23.9. The lowest BCUT2D eigenvalue weighted by atomic mass is 9.79. The second-order valence-corrected chi connectivity index (χ2v) is 10.8. The monoisotopic (exact) mass is 502 g/mol. The second-order valence-electron chi connectivity index (χ2n) is 8.84. The fraction of sp³-hybridized carbons (Fsp3) is 0.462. The maximum absolute atomic E-state index is 15.4. The number of benzene rings is 1. The first-order valence-corrected chi connectivity index (χ1v) is 13.6. The van der Waals surface area contributed by atoms with Crippen molar-refractivity contribution < 1.29 is 19.0 Å². The van der Waals surface area contributed by atoms with Crippen molar-refractivity contribution in [1.29, 1.82) is 0 Å². The molecule has 1 N–H and O–H groups in total. The van der Waals surface area contributed by atoms with Gasteiger partial charge in [0.15, 0.2) is 0 Å². The predicted octanol–water partition coefficient (Wildman–Crippen LogP) is 6.30. The highest BCUT2D eigenvalue weighted by Gasteiger charge is 2.31. The van der Waals surface area contributed by atoms with Gasteiger partial charge in [-0.2, -0.15) is 11.3 Å². The number of aromatic nitrogens is 1. The minimum Gasteiger partial charge on any atom is -0.497 e. The Kier molecular flexibility index (Phi) is 8.80. The van der Waals surface area contributed by atoms with E-state index in [1.807, 2.05) is 30.0 Å². The van der Waals surface area contributed by atoms with Gasteiger partial charge in [0.25, 0.3) is 0 Å². The number of carboxylic acid groups (broad SMARTS) is 1. The third-order valence-corrected chi connectivity index (χ3v) is 8.50. The van der Waals surface area contributed by atoms with E-state index in [-0.39, 0.29) is 18.3 Å². The molecule has 182 valence electrons. The average molecular weight is 503 g/mol. The Morgan fingerprint density at radius 2 is 2.24 bits per heavy atom. The van der Waals surface area contributed by atoms with Gasteiger partial charge in [-0.15, -0.1) is 11.8 Å². The van der Waals surface area contributed by atoms with Crippen molar-refractivity contribution in [2.75, 3.05) is 32.5 Å². The highest BCUT2D eigenvalue weighted by Crippen LogP contribution is 2.36. The van der Waals surface area contributed by atoms with E-state index in [4.69, 9.17) is 4.74 Å². The average Bonchev–Trinajstić information content (AvgIpc) is 3.36. The first-order chi connectivity index (χ1) is 16.5. The van der Waals surface area contributed by atoms with E-state index < -0.39 is 12.1 Å². The van der Waals surface area contributed by atoms with Gasteiger partial charge in [-0.3, -0.25) is 9.78 Å². The Balaban J connectivity index is 1.35. The van der Waals surface area contributed by atoms with Gasteiger partial charge < -0.3 is 14.7 Å². The number of carbonyl (C=O) groups is 1. The lowest BCUT2D eigenvalue weighted by Gasteiger charge is -2.38. The number of thiophene rings is 1. The number of halogens is 1. The van der Waals surface area contributed by atoms with E-state index in [0.717, 1.165) is 42.7 Å². The van der Waals surface area contributed by atoms with Gasteiger partial charge in [0.05, 0.1) is 12.6 Å². The summed E-state index contributed by atoms with van der Waals surface area (Å²) in [5.74, 6) is 1.18. The van der Waals surface area contributed by atoms with Crippen molar-refractivity contribution in [3.05, 3.63) is 52.9 Å². The largest absolute Gasteiger partial charge is 0.497 e. The molecule has 0 saturated carbocycles. The number of aliphatic carboxylic acids is 1. The Morgan fingerprint density at radius 3 is 3.00 bits per heavy atom. The summed E-state index contributed by atoms with van der Waals surface area (Å²) in [6, 6.07) is 9.39. The van der Waals surface area contributed by atoms with E-state index in [2.05, 4.69) is 26.7 Å². The Bertz CT molecular complexity index is 1080. The maximum atomic E-state index is 15.4. The zero-order valence-corrected chi connectivity index (χ0v) is 21.0. The number of pyridine rings is 1. The van der Waals surface area contributed by atoms with Gasteiger partial charge in [-0.05, 0) is 78.9 Å². The summed E-state index contributed by atoms with van der Waals surface area (Å²) >= 11 is 3.54. The molecular formula is C26H31FN2O3S2. The van der Waals surface area contributed by atoms with Crippen molar-refractivity contribution in [3.63, 3.8) is 0 Å². The van der Waals surface area contributed by atoms with Gasteiger partial charge in [-0.1, -0.05) is 0 Å². The van der Waals surface area contributed by atoms with Crippen LogP contribution in [0.3, 0.4) is 0 Å². The summed E-state index contributed by atoms with van der Waals surface area (Å²) in [6.45, 7) is 2.66. The van der Waals surface area contributed by atoms with Crippen LogP contribution in [0.5, 0.6) is 5.75 Å². The highest BCUT2D eigenvalue weighted by atomic mass is 32.2. The van der Waals surface area contributed by atoms with Gasteiger partial charge in [-0.25, -0.2) is 4.39 Å². The SMILES string of the molecule is COc1ccc2nccc(C(F)CC[C@@H]3CCN(CCSc4ccsc4)C[C@@H]3CC(=O)O)c2c1. The maximum Gasteiger partial charge on any atom is 0.303 e. The highest BCUT2D eigenvalue weighted by molar-refractivity contribution is 7.99. The lowest BCUT2D eigenvalue weighted by Crippen LogP contribution is -2.42. The zero-order valence-electron chi connectivity index (χ0n) is 19.4. The molecule has 2 aromatic heterocycles. The van der Waals surface area contributed by atoms with Crippen molar-refractivity contribution in [2.24, 2.45) is 11.8 Å². The number of thioether (sulfide) groups is 1. The summed E-state index contributed by atoms with van der Waals surface area (Å²) in [5, 5.41) is 14.5. The third-order valence-electron chi connectivity index (χ3n) is 6.69. The molecule has 0 amide bonds. The molecule has 34 heavy (non-hydrogen) atoms. The molecule has 4 rings (SSSR count). The van der Waals surface area contributed by atoms with E-state index in [0.29, 0.717) is 24.2 Å². The third kappa shape index (κ3) is 6.49. The summed E-state index contributed by atoms with van der Waals surface area (Å²) in [5.41, 5.74) is 1.37. The summed E-state index contributed by atoms with van der Waals surface area (Å²) in [4.78, 5) is 19.6. The summed E-state index contributed by atoms with van der Waals surface area (Å²) in [6.07, 6.45) is 2.65. The topological polar surface area (TPSA) is 62.7 Å². The van der Waals surface area contributed by atoms with E-state index in [1.165, 1.54) is 4.90 Å². The van der Waals surface area contributed by atoms with Crippen molar-refractivity contribution >= 4 is 40.0 Å². The molecule has 3 heterocycles. The molecule has 3 aromatic rings. The number of methoxy groups -OCH3 is 1. The number of alkyl halides is 1. The summed E-state index contributed by atoms with van der Waals surface area (Å²) in [7, 11) is 1.60. The van der Waals surface area contributed by atoms with Gasteiger partial charge in [0.1, 0.15) is 11.9 Å². The smallest absolute Gasteiger partial charge is 0.303 e. The van der Waals surface area contributed by atoms with Crippen LogP contribution in [0, 0.1) is 11.8 Å². The van der Waals surface area contributed by atoms with Crippen molar-refractivity contribution in [1.82, 2.24) is 9.88 Å². The van der Waals surface area contributed by atoms with Crippen LogP contribution < -0.4 is 4.74 Å².